The maximum Gasteiger partial charge on any atom is 0.242 e. The number of amides is 2. The number of nitrogens with one attached hydrogen (secondary N) is 2. The minimum atomic E-state index is -0.330. The normalized spacial score (nSPS) is 31.4. The third-order valence-corrected chi connectivity index (χ3v) is 3.86. The number of piperazine rings is 1. The van der Waals surface area contributed by atoms with Crippen LogP contribution in [0, 0.1) is 5.92 Å². The SMILES string of the molecule is CCNC1COCC1C(=O)N1CCNC(=O)C1CC. The molecule has 2 rings (SSSR count). The van der Waals surface area contributed by atoms with Crippen LogP contribution in [0.3, 0.4) is 0 Å². The number of carbonyl (C=O) groups is 2. The second kappa shape index (κ2) is 6.34. The van der Waals surface area contributed by atoms with Gasteiger partial charge < -0.3 is 20.3 Å². The van der Waals surface area contributed by atoms with Gasteiger partial charge in [0.15, 0.2) is 0 Å². The Balaban J connectivity index is 2.06. The van der Waals surface area contributed by atoms with Crippen molar-refractivity contribution in [2.45, 2.75) is 32.4 Å². The van der Waals surface area contributed by atoms with Gasteiger partial charge in [-0.3, -0.25) is 9.59 Å². The van der Waals surface area contributed by atoms with Crippen molar-refractivity contribution >= 4 is 11.8 Å². The summed E-state index contributed by atoms with van der Waals surface area (Å²) in [7, 11) is 0. The Kier molecular flexibility index (Phi) is 4.76. The van der Waals surface area contributed by atoms with E-state index in [-0.39, 0.29) is 29.8 Å². The van der Waals surface area contributed by atoms with E-state index in [9.17, 15) is 9.59 Å². The number of hydrogen-bond acceptors (Lipinski definition) is 4. The molecule has 0 radical (unpaired) electrons. The van der Waals surface area contributed by atoms with Crippen molar-refractivity contribution in [3.63, 3.8) is 0 Å². The molecule has 19 heavy (non-hydrogen) atoms. The Morgan fingerprint density at radius 1 is 1.47 bits per heavy atom. The molecular formula is C13H23N3O3. The summed E-state index contributed by atoms with van der Waals surface area (Å²) >= 11 is 0. The molecule has 0 saturated carbocycles. The first kappa shape index (κ1) is 14.3. The highest BCUT2D eigenvalue weighted by molar-refractivity contribution is 5.90. The van der Waals surface area contributed by atoms with Crippen LogP contribution in [0.1, 0.15) is 20.3 Å². The van der Waals surface area contributed by atoms with Crippen LogP contribution in [0.25, 0.3) is 0 Å². The highest BCUT2D eigenvalue weighted by atomic mass is 16.5. The molecule has 0 aromatic rings. The lowest BCUT2D eigenvalue weighted by molar-refractivity contribution is -0.146. The Hall–Kier alpha value is -1.14. The molecular weight excluding hydrogens is 246 g/mol. The fourth-order valence-electron chi connectivity index (χ4n) is 2.86. The maximum atomic E-state index is 12.6. The molecule has 3 atom stereocenters. The lowest BCUT2D eigenvalue weighted by Gasteiger charge is -2.36. The maximum absolute atomic E-state index is 12.6. The zero-order valence-electron chi connectivity index (χ0n) is 11.6. The topological polar surface area (TPSA) is 70.7 Å². The Bertz CT molecular complexity index is 348. The van der Waals surface area contributed by atoms with E-state index < -0.39 is 0 Å². The molecule has 6 nitrogen and oxygen atoms in total. The predicted molar refractivity (Wildman–Crippen MR) is 70.6 cm³/mol. The molecule has 0 aromatic carbocycles. The molecule has 2 saturated heterocycles. The van der Waals surface area contributed by atoms with E-state index in [0.29, 0.717) is 32.7 Å². The number of likely N-dealkylation sites (N-methyl/N-ethyl adjacent to an activating group) is 1. The minimum Gasteiger partial charge on any atom is -0.379 e. The van der Waals surface area contributed by atoms with Crippen LogP contribution < -0.4 is 10.6 Å². The molecule has 2 N–H and O–H groups in total. The monoisotopic (exact) mass is 269 g/mol. The highest BCUT2D eigenvalue weighted by Crippen LogP contribution is 2.20. The lowest BCUT2D eigenvalue weighted by Crippen LogP contribution is -2.59. The average Bonchev–Trinajstić information content (AvgIpc) is 2.86. The molecule has 0 aliphatic carbocycles. The Labute approximate surface area is 113 Å². The summed E-state index contributed by atoms with van der Waals surface area (Å²) in [6.07, 6.45) is 0.650. The van der Waals surface area contributed by atoms with Gasteiger partial charge >= 0.3 is 0 Å². The fourth-order valence-corrected chi connectivity index (χ4v) is 2.86. The molecule has 3 unspecified atom stereocenters. The van der Waals surface area contributed by atoms with Crippen LogP contribution in [0.2, 0.25) is 0 Å². The van der Waals surface area contributed by atoms with Crippen molar-refractivity contribution in [1.29, 1.82) is 0 Å². The molecule has 0 aromatic heterocycles. The van der Waals surface area contributed by atoms with Gasteiger partial charge in [0.1, 0.15) is 6.04 Å². The second-order valence-electron chi connectivity index (χ2n) is 5.05. The van der Waals surface area contributed by atoms with Gasteiger partial charge in [0, 0.05) is 19.1 Å². The van der Waals surface area contributed by atoms with Crippen LogP contribution in [0.5, 0.6) is 0 Å². The van der Waals surface area contributed by atoms with Crippen molar-refractivity contribution < 1.29 is 14.3 Å². The largest absolute Gasteiger partial charge is 0.379 e. The first-order valence-electron chi connectivity index (χ1n) is 7.08. The fraction of sp³-hybridized carbons (Fsp3) is 0.846. The average molecular weight is 269 g/mol. The summed E-state index contributed by atoms with van der Waals surface area (Å²) in [5.74, 6) is -0.161. The van der Waals surface area contributed by atoms with Crippen LogP contribution in [-0.2, 0) is 14.3 Å². The van der Waals surface area contributed by atoms with Gasteiger partial charge in [0.25, 0.3) is 0 Å². The summed E-state index contributed by atoms with van der Waals surface area (Å²) in [6, 6.07) is -0.260. The van der Waals surface area contributed by atoms with Crippen molar-refractivity contribution in [2.75, 3.05) is 32.8 Å². The van der Waals surface area contributed by atoms with Crippen molar-refractivity contribution in [2.24, 2.45) is 5.92 Å². The third-order valence-electron chi connectivity index (χ3n) is 3.86. The summed E-state index contributed by atoms with van der Waals surface area (Å²) in [5, 5.41) is 6.10. The quantitative estimate of drug-likeness (QED) is 0.711. The van der Waals surface area contributed by atoms with E-state index in [1.54, 1.807) is 4.90 Å². The van der Waals surface area contributed by atoms with E-state index in [4.69, 9.17) is 4.74 Å². The zero-order chi connectivity index (χ0) is 13.8. The van der Waals surface area contributed by atoms with Crippen LogP contribution in [-0.4, -0.2) is 61.6 Å². The van der Waals surface area contributed by atoms with Gasteiger partial charge in [-0.1, -0.05) is 13.8 Å². The molecule has 2 aliphatic heterocycles. The Morgan fingerprint density at radius 2 is 2.26 bits per heavy atom. The minimum absolute atomic E-state index is 0.0407. The standard InChI is InChI=1S/C13H23N3O3/c1-3-11-12(17)15-5-6-16(11)13(18)9-7-19-8-10(9)14-4-2/h9-11,14H,3-8H2,1-2H3,(H,15,17). The van der Waals surface area contributed by atoms with Gasteiger partial charge in [-0.2, -0.15) is 0 Å². The van der Waals surface area contributed by atoms with Crippen molar-refractivity contribution in [3.8, 4) is 0 Å². The van der Waals surface area contributed by atoms with Crippen molar-refractivity contribution in [1.82, 2.24) is 15.5 Å². The number of hydrogen-bond donors (Lipinski definition) is 2. The summed E-state index contributed by atoms with van der Waals surface area (Å²) in [4.78, 5) is 26.2. The molecule has 6 heteroatoms. The highest BCUT2D eigenvalue weighted by Gasteiger charge is 2.40. The van der Waals surface area contributed by atoms with Gasteiger partial charge in [-0.15, -0.1) is 0 Å². The second-order valence-corrected chi connectivity index (χ2v) is 5.05. The number of ether oxygens (including phenoxy) is 1. The molecule has 2 fully saturated rings. The lowest BCUT2D eigenvalue weighted by atomic mass is 9.99. The van der Waals surface area contributed by atoms with Gasteiger partial charge in [0.2, 0.25) is 11.8 Å². The molecule has 2 heterocycles. The zero-order valence-corrected chi connectivity index (χ0v) is 11.6. The van der Waals surface area contributed by atoms with E-state index in [1.807, 2.05) is 13.8 Å². The molecule has 0 bridgehead atoms. The van der Waals surface area contributed by atoms with E-state index in [1.165, 1.54) is 0 Å². The van der Waals surface area contributed by atoms with Crippen molar-refractivity contribution in [3.05, 3.63) is 0 Å². The molecule has 2 aliphatic rings. The van der Waals surface area contributed by atoms with Crippen LogP contribution in [0.4, 0.5) is 0 Å². The predicted octanol–water partition coefficient (Wildman–Crippen LogP) is -0.652. The van der Waals surface area contributed by atoms with Crippen LogP contribution >= 0.6 is 0 Å². The molecule has 0 spiro atoms. The van der Waals surface area contributed by atoms with Gasteiger partial charge in [-0.25, -0.2) is 0 Å². The van der Waals surface area contributed by atoms with Gasteiger partial charge in [-0.05, 0) is 13.0 Å². The van der Waals surface area contributed by atoms with E-state index in [2.05, 4.69) is 10.6 Å². The number of carbonyl (C=O) groups excluding carboxylic acids is 2. The first-order chi connectivity index (χ1) is 9.19. The third kappa shape index (κ3) is 2.90. The number of nitrogens with zero attached hydrogens (tertiary/aromatic N) is 1. The van der Waals surface area contributed by atoms with E-state index in [0.717, 1.165) is 6.54 Å². The molecule has 2 amide bonds. The van der Waals surface area contributed by atoms with Crippen LogP contribution in [0.15, 0.2) is 0 Å². The van der Waals surface area contributed by atoms with Gasteiger partial charge in [0.05, 0.1) is 19.1 Å². The van der Waals surface area contributed by atoms with E-state index >= 15 is 0 Å². The summed E-state index contributed by atoms with van der Waals surface area (Å²) < 4.78 is 5.42. The smallest absolute Gasteiger partial charge is 0.242 e. The molecule has 108 valence electrons. The summed E-state index contributed by atoms with van der Waals surface area (Å²) in [5.41, 5.74) is 0. The Morgan fingerprint density at radius 3 is 2.95 bits per heavy atom. The summed E-state index contributed by atoms with van der Waals surface area (Å²) in [6.45, 7) is 6.92. The number of rotatable bonds is 4. The first-order valence-corrected chi connectivity index (χ1v) is 7.08.